The third-order valence-corrected chi connectivity index (χ3v) is 1.53. The van der Waals surface area contributed by atoms with E-state index in [1.165, 1.54) is 6.33 Å². The second-order valence-electron chi connectivity index (χ2n) is 2.34. The van der Waals surface area contributed by atoms with Crippen molar-refractivity contribution in [3.8, 4) is 18.2 Å². The van der Waals surface area contributed by atoms with Crippen molar-refractivity contribution in [3.05, 3.63) is 17.5 Å². The molecule has 0 spiro atoms. The van der Waals surface area contributed by atoms with E-state index in [0.717, 1.165) is 6.42 Å². The zero-order valence-electron chi connectivity index (χ0n) is 7.03. The van der Waals surface area contributed by atoms with E-state index in [1.54, 1.807) is 6.07 Å². The molecule has 1 aromatic rings. The Bertz CT molecular complexity index is 309. The molecule has 68 valence electrons. The Labute approximate surface area is 82.1 Å². The average Bonchev–Trinajstić information content (AvgIpc) is 2.13. The van der Waals surface area contributed by atoms with Crippen LogP contribution < -0.4 is 4.74 Å². The molecule has 0 aliphatic heterocycles. The summed E-state index contributed by atoms with van der Waals surface area (Å²) >= 11 is 5.62. The van der Waals surface area contributed by atoms with Crippen LogP contribution in [-0.4, -0.2) is 16.6 Å². The van der Waals surface area contributed by atoms with Crippen molar-refractivity contribution in [2.45, 2.75) is 12.8 Å². The molecule has 0 aliphatic carbocycles. The molecule has 0 amide bonds. The smallest absolute Gasteiger partial charge is 0.217 e. The van der Waals surface area contributed by atoms with Gasteiger partial charge < -0.3 is 4.74 Å². The number of unbranched alkanes of at least 4 members (excludes halogenated alkanes) is 1. The Kier molecular flexibility index (Phi) is 4.07. The van der Waals surface area contributed by atoms with Crippen LogP contribution in [0.2, 0.25) is 5.15 Å². The number of nitrogens with zero attached hydrogens (tertiary/aromatic N) is 2. The van der Waals surface area contributed by atoms with E-state index in [4.69, 9.17) is 22.8 Å². The summed E-state index contributed by atoms with van der Waals surface area (Å²) in [6.07, 6.45) is 7.96. The molecule has 0 fully saturated rings. The lowest BCUT2D eigenvalue weighted by atomic mass is 10.3. The molecule has 1 aromatic heterocycles. The van der Waals surface area contributed by atoms with Gasteiger partial charge in [0.25, 0.3) is 0 Å². The normalized spacial score (nSPS) is 9.23. The van der Waals surface area contributed by atoms with Crippen LogP contribution in [0, 0.1) is 12.3 Å². The summed E-state index contributed by atoms with van der Waals surface area (Å²) in [6, 6.07) is 1.57. The van der Waals surface area contributed by atoms with Crippen LogP contribution in [0.5, 0.6) is 5.88 Å². The standard InChI is InChI=1S/C9H9ClN2O/c1-2-3-4-5-13-9-6-8(10)11-7-12-9/h1,6-7H,3-5H2. The summed E-state index contributed by atoms with van der Waals surface area (Å²) in [4.78, 5) is 7.59. The number of rotatable bonds is 4. The van der Waals surface area contributed by atoms with E-state index in [9.17, 15) is 0 Å². The van der Waals surface area contributed by atoms with Crippen molar-refractivity contribution < 1.29 is 4.74 Å². The van der Waals surface area contributed by atoms with Crippen molar-refractivity contribution in [1.29, 1.82) is 0 Å². The van der Waals surface area contributed by atoms with Gasteiger partial charge in [0.2, 0.25) is 5.88 Å². The molecule has 1 rings (SSSR count). The van der Waals surface area contributed by atoms with Crippen molar-refractivity contribution in [3.63, 3.8) is 0 Å². The Morgan fingerprint density at radius 3 is 3.08 bits per heavy atom. The second kappa shape index (κ2) is 5.39. The molecule has 0 N–H and O–H groups in total. The predicted octanol–water partition coefficient (Wildman–Crippen LogP) is 1.92. The topological polar surface area (TPSA) is 35.0 Å². The first-order valence-corrected chi connectivity index (χ1v) is 4.24. The van der Waals surface area contributed by atoms with Gasteiger partial charge >= 0.3 is 0 Å². The summed E-state index contributed by atoms with van der Waals surface area (Å²) in [6.45, 7) is 0.553. The third kappa shape index (κ3) is 3.77. The highest BCUT2D eigenvalue weighted by atomic mass is 35.5. The minimum Gasteiger partial charge on any atom is -0.478 e. The molecule has 1 heterocycles. The van der Waals surface area contributed by atoms with Gasteiger partial charge in [0.05, 0.1) is 6.61 Å². The zero-order valence-corrected chi connectivity index (χ0v) is 7.79. The summed E-state index contributed by atoms with van der Waals surface area (Å²) in [5, 5.41) is 0.377. The van der Waals surface area contributed by atoms with Crippen LogP contribution >= 0.6 is 11.6 Å². The molecule has 0 atom stereocenters. The minimum atomic E-state index is 0.377. The highest BCUT2D eigenvalue weighted by molar-refractivity contribution is 6.29. The molecule has 4 heteroatoms. The highest BCUT2D eigenvalue weighted by Crippen LogP contribution is 2.10. The van der Waals surface area contributed by atoms with E-state index in [2.05, 4.69) is 15.9 Å². The molecule has 0 saturated carbocycles. The maximum absolute atomic E-state index is 5.62. The van der Waals surface area contributed by atoms with Gasteiger partial charge in [-0.2, -0.15) is 0 Å². The van der Waals surface area contributed by atoms with Gasteiger partial charge in [0, 0.05) is 12.5 Å². The van der Waals surface area contributed by atoms with Gasteiger partial charge in [-0.05, 0) is 6.42 Å². The lowest BCUT2D eigenvalue weighted by Gasteiger charge is -2.02. The van der Waals surface area contributed by atoms with Crippen molar-refractivity contribution in [1.82, 2.24) is 9.97 Å². The second-order valence-corrected chi connectivity index (χ2v) is 2.72. The quantitative estimate of drug-likeness (QED) is 0.419. The Morgan fingerprint density at radius 2 is 2.38 bits per heavy atom. The Balaban J connectivity index is 2.33. The van der Waals surface area contributed by atoms with Crippen LogP contribution in [0.4, 0.5) is 0 Å². The van der Waals surface area contributed by atoms with Crippen molar-refractivity contribution >= 4 is 11.6 Å². The molecule has 0 bridgehead atoms. The number of halogens is 1. The highest BCUT2D eigenvalue weighted by Gasteiger charge is 1.96. The van der Waals surface area contributed by atoms with Crippen molar-refractivity contribution in [2.75, 3.05) is 6.61 Å². The minimum absolute atomic E-state index is 0.377. The van der Waals surface area contributed by atoms with Gasteiger partial charge in [-0.3, -0.25) is 0 Å². The zero-order chi connectivity index (χ0) is 9.52. The van der Waals surface area contributed by atoms with Crippen molar-refractivity contribution in [2.24, 2.45) is 0 Å². The molecular formula is C9H9ClN2O. The Hall–Kier alpha value is -1.27. The molecule has 0 aromatic carbocycles. The van der Waals surface area contributed by atoms with E-state index in [1.807, 2.05) is 0 Å². The first kappa shape index (κ1) is 9.82. The Morgan fingerprint density at radius 1 is 1.54 bits per heavy atom. The largest absolute Gasteiger partial charge is 0.478 e. The number of ether oxygens (including phenoxy) is 1. The summed E-state index contributed by atoms with van der Waals surface area (Å²) in [5.74, 6) is 3.01. The fourth-order valence-electron chi connectivity index (χ4n) is 0.747. The summed E-state index contributed by atoms with van der Waals surface area (Å²) < 4.78 is 5.26. The van der Waals surface area contributed by atoms with E-state index in [-0.39, 0.29) is 0 Å². The number of aromatic nitrogens is 2. The SMILES string of the molecule is C#CCCCOc1cc(Cl)ncn1. The summed E-state index contributed by atoms with van der Waals surface area (Å²) in [7, 11) is 0. The fraction of sp³-hybridized carbons (Fsp3) is 0.333. The number of hydrogen-bond acceptors (Lipinski definition) is 3. The molecule has 0 aliphatic rings. The number of terminal acetylenes is 1. The van der Waals surface area contributed by atoms with Gasteiger partial charge in [0.1, 0.15) is 11.5 Å². The van der Waals surface area contributed by atoms with Crippen LogP contribution in [0.15, 0.2) is 12.4 Å². The summed E-state index contributed by atoms with van der Waals surface area (Å²) in [5.41, 5.74) is 0. The van der Waals surface area contributed by atoms with Crippen LogP contribution in [0.25, 0.3) is 0 Å². The number of hydrogen-bond donors (Lipinski definition) is 0. The van der Waals surface area contributed by atoms with E-state index in [0.29, 0.717) is 24.1 Å². The van der Waals surface area contributed by atoms with E-state index >= 15 is 0 Å². The van der Waals surface area contributed by atoms with E-state index < -0.39 is 0 Å². The maximum Gasteiger partial charge on any atom is 0.217 e. The van der Waals surface area contributed by atoms with Crippen LogP contribution in [-0.2, 0) is 0 Å². The van der Waals surface area contributed by atoms with Crippen LogP contribution in [0.1, 0.15) is 12.8 Å². The maximum atomic E-state index is 5.62. The lowest BCUT2D eigenvalue weighted by molar-refractivity contribution is 0.300. The first-order valence-electron chi connectivity index (χ1n) is 3.86. The van der Waals surface area contributed by atoms with Gasteiger partial charge in [-0.1, -0.05) is 11.6 Å². The molecule has 13 heavy (non-hydrogen) atoms. The monoisotopic (exact) mass is 196 g/mol. The first-order chi connectivity index (χ1) is 6.33. The third-order valence-electron chi connectivity index (χ3n) is 1.32. The van der Waals surface area contributed by atoms with Gasteiger partial charge in [0.15, 0.2) is 0 Å². The molecule has 0 radical (unpaired) electrons. The predicted molar refractivity (Wildman–Crippen MR) is 50.6 cm³/mol. The average molecular weight is 197 g/mol. The van der Waals surface area contributed by atoms with Gasteiger partial charge in [-0.15, -0.1) is 12.3 Å². The molecule has 3 nitrogen and oxygen atoms in total. The lowest BCUT2D eigenvalue weighted by Crippen LogP contribution is -1.98. The van der Waals surface area contributed by atoms with Crippen LogP contribution in [0.3, 0.4) is 0 Å². The fourth-order valence-corrected chi connectivity index (χ4v) is 0.884. The molecule has 0 unspecified atom stereocenters. The van der Waals surface area contributed by atoms with Gasteiger partial charge in [-0.25, -0.2) is 9.97 Å². The molecule has 0 saturated heterocycles. The molecular weight excluding hydrogens is 188 g/mol.